The summed E-state index contributed by atoms with van der Waals surface area (Å²) in [6.45, 7) is 8.61. The topological polar surface area (TPSA) is 56.7 Å². The van der Waals surface area contributed by atoms with Crippen LogP contribution in [0, 0.1) is 27.7 Å². The number of rotatable bonds is 2. The lowest BCUT2D eigenvalue weighted by molar-refractivity contribution is 0.844. The molecule has 4 heteroatoms. The molecule has 17 heavy (non-hydrogen) atoms. The molecule has 0 saturated heterocycles. The molecule has 0 radical (unpaired) electrons. The number of aryl methyl sites for hydroxylation is 3. The Balaban J connectivity index is 2.63. The molecule has 0 amide bonds. The van der Waals surface area contributed by atoms with Crippen LogP contribution in [0.4, 0.5) is 0 Å². The molecule has 4 nitrogen and oxygen atoms in total. The van der Waals surface area contributed by atoms with Crippen LogP contribution >= 0.6 is 0 Å². The molecular formula is C13H18N4. The Hall–Kier alpha value is -1.68. The van der Waals surface area contributed by atoms with Gasteiger partial charge in [-0.1, -0.05) is 0 Å². The van der Waals surface area contributed by atoms with Gasteiger partial charge in [-0.25, -0.2) is 9.97 Å². The number of nitrogens with two attached hydrogens (primary N) is 1. The average Bonchev–Trinajstić information content (AvgIpc) is 2.52. The Bertz CT molecular complexity index is 535. The highest BCUT2D eigenvalue weighted by molar-refractivity contribution is 5.34. The number of hydrogen-bond acceptors (Lipinski definition) is 3. The van der Waals surface area contributed by atoms with Crippen molar-refractivity contribution in [2.75, 3.05) is 0 Å². The zero-order chi connectivity index (χ0) is 12.6. The van der Waals surface area contributed by atoms with Crippen molar-refractivity contribution in [2.24, 2.45) is 5.73 Å². The van der Waals surface area contributed by atoms with Gasteiger partial charge in [-0.05, 0) is 45.4 Å². The first-order chi connectivity index (χ1) is 8.02. The standard InChI is InChI=1S/C13H18N4/c1-8-5-9(2)16-13(15-8)17-10(3)6-12(7-14)11(17)4/h5-6H,7,14H2,1-4H3. The third-order valence-electron chi connectivity index (χ3n) is 2.93. The van der Waals surface area contributed by atoms with E-state index in [0.29, 0.717) is 6.54 Å². The summed E-state index contributed by atoms with van der Waals surface area (Å²) >= 11 is 0. The summed E-state index contributed by atoms with van der Waals surface area (Å²) in [5.74, 6) is 0.734. The molecule has 2 aromatic heterocycles. The zero-order valence-corrected chi connectivity index (χ0v) is 10.8. The minimum absolute atomic E-state index is 0.546. The summed E-state index contributed by atoms with van der Waals surface area (Å²) in [6.07, 6.45) is 0. The molecule has 0 aliphatic carbocycles. The molecule has 2 aromatic rings. The molecule has 0 unspecified atom stereocenters. The van der Waals surface area contributed by atoms with E-state index in [1.807, 2.05) is 26.8 Å². The predicted octanol–water partition coefficient (Wildman–Crippen LogP) is 1.96. The van der Waals surface area contributed by atoms with Gasteiger partial charge < -0.3 is 5.73 Å². The van der Waals surface area contributed by atoms with Gasteiger partial charge in [0, 0.05) is 29.3 Å². The van der Waals surface area contributed by atoms with Gasteiger partial charge in [-0.3, -0.25) is 4.57 Å². The molecule has 0 saturated carbocycles. The molecule has 0 aliphatic heterocycles. The summed E-state index contributed by atoms with van der Waals surface area (Å²) in [5, 5.41) is 0. The Labute approximate surface area is 102 Å². The van der Waals surface area contributed by atoms with Crippen LogP contribution in [-0.4, -0.2) is 14.5 Å². The van der Waals surface area contributed by atoms with E-state index in [1.165, 1.54) is 0 Å². The summed E-state index contributed by atoms with van der Waals surface area (Å²) in [6, 6.07) is 4.07. The van der Waals surface area contributed by atoms with Gasteiger partial charge in [0.05, 0.1) is 0 Å². The number of hydrogen-bond donors (Lipinski definition) is 1. The second kappa shape index (κ2) is 4.30. The third kappa shape index (κ3) is 2.08. The highest BCUT2D eigenvalue weighted by Gasteiger charge is 2.12. The number of nitrogens with zero attached hydrogens (tertiary/aromatic N) is 3. The molecular weight excluding hydrogens is 212 g/mol. The monoisotopic (exact) mass is 230 g/mol. The molecule has 90 valence electrons. The lowest BCUT2D eigenvalue weighted by atomic mass is 10.2. The number of aromatic nitrogens is 3. The second-order valence-corrected chi connectivity index (χ2v) is 4.39. The quantitative estimate of drug-likeness (QED) is 0.858. The van der Waals surface area contributed by atoms with Crippen LogP contribution in [0.1, 0.15) is 28.3 Å². The van der Waals surface area contributed by atoms with Crippen molar-refractivity contribution < 1.29 is 0 Å². The SMILES string of the molecule is Cc1cc(C)nc(-n2c(C)cc(CN)c2C)n1. The highest BCUT2D eigenvalue weighted by atomic mass is 15.2. The van der Waals surface area contributed by atoms with Crippen molar-refractivity contribution in [1.29, 1.82) is 0 Å². The molecule has 2 heterocycles. The Kier molecular flexibility index (Phi) is 2.98. The van der Waals surface area contributed by atoms with Gasteiger partial charge >= 0.3 is 0 Å². The van der Waals surface area contributed by atoms with Crippen LogP contribution in [-0.2, 0) is 6.54 Å². The van der Waals surface area contributed by atoms with Crippen molar-refractivity contribution in [3.8, 4) is 5.95 Å². The van der Waals surface area contributed by atoms with E-state index in [0.717, 1.165) is 34.3 Å². The summed E-state index contributed by atoms with van der Waals surface area (Å²) < 4.78 is 2.06. The van der Waals surface area contributed by atoms with Crippen LogP contribution in [0.3, 0.4) is 0 Å². The Morgan fingerprint density at radius 3 is 2.12 bits per heavy atom. The molecule has 2 N–H and O–H groups in total. The largest absolute Gasteiger partial charge is 0.326 e. The van der Waals surface area contributed by atoms with Gasteiger partial charge in [-0.15, -0.1) is 0 Å². The van der Waals surface area contributed by atoms with Crippen LogP contribution in [0.2, 0.25) is 0 Å². The summed E-state index contributed by atoms with van der Waals surface area (Å²) in [7, 11) is 0. The van der Waals surface area contributed by atoms with E-state index < -0.39 is 0 Å². The first kappa shape index (κ1) is 11.8. The summed E-state index contributed by atoms with van der Waals surface area (Å²) in [5.41, 5.74) is 11.1. The molecule has 0 fully saturated rings. The predicted molar refractivity (Wildman–Crippen MR) is 68.2 cm³/mol. The van der Waals surface area contributed by atoms with Gasteiger partial charge in [0.25, 0.3) is 0 Å². The van der Waals surface area contributed by atoms with Gasteiger partial charge in [0.15, 0.2) is 0 Å². The van der Waals surface area contributed by atoms with Crippen molar-refractivity contribution >= 4 is 0 Å². The van der Waals surface area contributed by atoms with Gasteiger partial charge in [0.1, 0.15) is 0 Å². The minimum Gasteiger partial charge on any atom is -0.326 e. The fourth-order valence-electron chi connectivity index (χ4n) is 2.15. The first-order valence-corrected chi connectivity index (χ1v) is 5.73. The smallest absolute Gasteiger partial charge is 0.234 e. The lowest BCUT2D eigenvalue weighted by Gasteiger charge is -2.09. The van der Waals surface area contributed by atoms with E-state index in [9.17, 15) is 0 Å². The maximum Gasteiger partial charge on any atom is 0.234 e. The zero-order valence-electron chi connectivity index (χ0n) is 10.8. The van der Waals surface area contributed by atoms with Crippen LogP contribution < -0.4 is 5.73 Å². The third-order valence-corrected chi connectivity index (χ3v) is 2.93. The van der Waals surface area contributed by atoms with E-state index in [4.69, 9.17) is 5.73 Å². The van der Waals surface area contributed by atoms with Crippen molar-refractivity contribution in [2.45, 2.75) is 34.2 Å². The molecule has 0 spiro atoms. The first-order valence-electron chi connectivity index (χ1n) is 5.73. The maximum absolute atomic E-state index is 5.72. The summed E-state index contributed by atoms with van der Waals surface area (Å²) in [4.78, 5) is 8.97. The minimum atomic E-state index is 0.546. The Morgan fingerprint density at radius 1 is 1.06 bits per heavy atom. The fourth-order valence-corrected chi connectivity index (χ4v) is 2.15. The molecule has 2 rings (SSSR count). The maximum atomic E-state index is 5.72. The van der Waals surface area contributed by atoms with Crippen molar-refractivity contribution in [3.63, 3.8) is 0 Å². The molecule has 0 bridgehead atoms. The van der Waals surface area contributed by atoms with E-state index in [1.54, 1.807) is 0 Å². The molecule has 0 atom stereocenters. The lowest BCUT2D eigenvalue weighted by Crippen LogP contribution is -2.07. The Morgan fingerprint density at radius 2 is 1.65 bits per heavy atom. The highest BCUT2D eigenvalue weighted by Crippen LogP contribution is 2.18. The van der Waals surface area contributed by atoms with Crippen molar-refractivity contribution in [1.82, 2.24) is 14.5 Å². The van der Waals surface area contributed by atoms with Crippen molar-refractivity contribution in [3.05, 3.63) is 40.5 Å². The van der Waals surface area contributed by atoms with Crippen LogP contribution in [0.25, 0.3) is 5.95 Å². The second-order valence-electron chi connectivity index (χ2n) is 4.39. The van der Waals surface area contributed by atoms with Gasteiger partial charge in [0.2, 0.25) is 5.95 Å². The average molecular weight is 230 g/mol. The van der Waals surface area contributed by atoms with E-state index >= 15 is 0 Å². The van der Waals surface area contributed by atoms with E-state index in [-0.39, 0.29) is 0 Å². The molecule has 0 aromatic carbocycles. The molecule has 0 aliphatic rings. The van der Waals surface area contributed by atoms with Gasteiger partial charge in [-0.2, -0.15) is 0 Å². The van der Waals surface area contributed by atoms with E-state index in [2.05, 4.69) is 27.5 Å². The fraction of sp³-hybridized carbons (Fsp3) is 0.385. The van der Waals surface area contributed by atoms with Crippen LogP contribution in [0.5, 0.6) is 0 Å². The van der Waals surface area contributed by atoms with Crippen LogP contribution in [0.15, 0.2) is 12.1 Å². The normalized spacial score (nSPS) is 10.9.